The van der Waals surface area contributed by atoms with Crippen LogP contribution >= 0.6 is 0 Å². The van der Waals surface area contributed by atoms with Gasteiger partial charge in [-0.1, -0.05) is 41.6 Å². The Kier molecular flexibility index (Phi) is 6.30. The number of nitro groups is 1. The molecule has 150 valence electrons. The number of non-ortho nitro benzene ring substituents is 1. The molecular formula is C20H21N5O4. The Morgan fingerprint density at radius 3 is 2.66 bits per heavy atom. The van der Waals surface area contributed by atoms with Gasteiger partial charge in [-0.2, -0.15) is 0 Å². The summed E-state index contributed by atoms with van der Waals surface area (Å²) in [6.45, 7) is 2.90. The Morgan fingerprint density at radius 1 is 1.21 bits per heavy atom. The maximum absolute atomic E-state index is 13.1. The lowest BCUT2D eigenvalue weighted by Gasteiger charge is -2.21. The van der Waals surface area contributed by atoms with Crippen LogP contribution in [-0.4, -0.2) is 51.0 Å². The van der Waals surface area contributed by atoms with Crippen LogP contribution in [0.3, 0.4) is 0 Å². The molecule has 1 amide bonds. The highest BCUT2D eigenvalue weighted by Gasteiger charge is 2.23. The van der Waals surface area contributed by atoms with Crippen molar-refractivity contribution < 1.29 is 14.5 Å². The molecule has 9 nitrogen and oxygen atoms in total. The molecule has 9 heteroatoms. The van der Waals surface area contributed by atoms with E-state index in [0.717, 1.165) is 5.56 Å². The molecule has 0 unspecified atom stereocenters. The second-order valence-corrected chi connectivity index (χ2v) is 6.42. The minimum absolute atomic E-state index is 0.0592. The molecule has 1 heterocycles. The highest BCUT2D eigenvalue weighted by atomic mass is 16.6. The van der Waals surface area contributed by atoms with Crippen LogP contribution in [0.25, 0.3) is 5.69 Å². The lowest BCUT2D eigenvalue weighted by molar-refractivity contribution is -0.384. The molecule has 0 atom stereocenters. The van der Waals surface area contributed by atoms with Crippen molar-refractivity contribution in [3.63, 3.8) is 0 Å². The molecule has 29 heavy (non-hydrogen) atoms. The number of carbonyl (C=O) groups is 1. The molecule has 0 saturated heterocycles. The predicted octanol–water partition coefficient (Wildman–Crippen LogP) is 2.77. The van der Waals surface area contributed by atoms with Crippen LogP contribution in [0.1, 0.15) is 21.7 Å². The largest absolute Gasteiger partial charge is 0.383 e. The van der Waals surface area contributed by atoms with E-state index in [2.05, 4.69) is 10.3 Å². The van der Waals surface area contributed by atoms with Gasteiger partial charge in [0.2, 0.25) is 0 Å². The molecule has 0 bridgehead atoms. The molecule has 3 rings (SSSR count). The van der Waals surface area contributed by atoms with E-state index in [1.165, 1.54) is 16.8 Å². The van der Waals surface area contributed by atoms with Crippen LogP contribution in [-0.2, 0) is 11.3 Å². The van der Waals surface area contributed by atoms with Gasteiger partial charge in [0.15, 0.2) is 5.69 Å². The molecule has 1 aromatic heterocycles. The van der Waals surface area contributed by atoms with Gasteiger partial charge >= 0.3 is 0 Å². The lowest BCUT2D eigenvalue weighted by Crippen LogP contribution is -2.34. The standard InChI is InChI=1S/C20H21N5O4/c1-15-19(21-22-24(15)17-9-6-10-18(13-17)25(27)28)20(26)23(11-12-29-2)14-16-7-4-3-5-8-16/h3-10,13H,11-12,14H2,1-2H3. The summed E-state index contributed by atoms with van der Waals surface area (Å²) >= 11 is 0. The van der Waals surface area contributed by atoms with E-state index in [-0.39, 0.29) is 17.3 Å². The first-order valence-electron chi connectivity index (χ1n) is 9.00. The van der Waals surface area contributed by atoms with Crippen molar-refractivity contribution in [3.05, 3.63) is 81.7 Å². The van der Waals surface area contributed by atoms with Crippen LogP contribution in [0.2, 0.25) is 0 Å². The van der Waals surface area contributed by atoms with Gasteiger partial charge in [0.05, 0.1) is 22.9 Å². The minimum atomic E-state index is -0.478. The molecule has 0 aliphatic rings. The number of aromatic nitrogens is 3. The van der Waals surface area contributed by atoms with Crippen molar-refractivity contribution in [3.8, 4) is 5.69 Å². The van der Waals surface area contributed by atoms with Gasteiger partial charge in [0.1, 0.15) is 0 Å². The number of hydrogen-bond acceptors (Lipinski definition) is 6. The molecule has 0 spiro atoms. The number of amides is 1. The summed E-state index contributed by atoms with van der Waals surface area (Å²) in [4.78, 5) is 25.3. The molecule has 0 N–H and O–H groups in total. The third kappa shape index (κ3) is 4.64. The van der Waals surface area contributed by atoms with Crippen LogP contribution in [0.15, 0.2) is 54.6 Å². The number of nitrogens with zero attached hydrogens (tertiary/aromatic N) is 5. The Balaban J connectivity index is 1.89. The van der Waals surface area contributed by atoms with Crippen LogP contribution < -0.4 is 0 Å². The van der Waals surface area contributed by atoms with E-state index < -0.39 is 4.92 Å². The van der Waals surface area contributed by atoms with Crippen molar-refractivity contribution in [1.29, 1.82) is 0 Å². The number of rotatable bonds is 8. The number of methoxy groups -OCH3 is 1. The summed E-state index contributed by atoms with van der Waals surface area (Å²) in [6.07, 6.45) is 0. The second kappa shape index (κ2) is 9.07. The number of hydrogen-bond donors (Lipinski definition) is 0. The maximum Gasteiger partial charge on any atom is 0.276 e. The van der Waals surface area contributed by atoms with Gasteiger partial charge in [0.25, 0.3) is 11.6 Å². The molecule has 0 saturated carbocycles. The molecule has 0 aliphatic carbocycles. The topological polar surface area (TPSA) is 103 Å². The quantitative estimate of drug-likeness (QED) is 0.429. The van der Waals surface area contributed by atoms with Crippen molar-refractivity contribution in [2.45, 2.75) is 13.5 Å². The summed E-state index contributed by atoms with van der Waals surface area (Å²) < 4.78 is 6.57. The van der Waals surface area contributed by atoms with Gasteiger partial charge < -0.3 is 9.64 Å². The summed E-state index contributed by atoms with van der Waals surface area (Å²) in [5, 5.41) is 19.1. The van der Waals surface area contributed by atoms with Gasteiger partial charge in [-0.3, -0.25) is 14.9 Å². The molecular weight excluding hydrogens is 374 g/mol. The second-order valence-electron chi connectivity index (χ2n) is 6.42. The molecule has 0 radical (unpaired) electrons. The zero-order valence-electron chi connectivity index (χ0n) is 16.2. The summed E-state index contributed by atoms with van der Waals surface area (Å²) in [5.74, 6) is -0.278. The van der Waals surface area contributed by atoms with Crippen LogP contribution in [0.4, 0.5) is 5.69 Å². The number of ether oxygens (including phenoxy) is 1. The Hall–Kier alpha value is -3.59. The van der Waals surface area contributed by atoms with E-state index in [0.29, 0.717) is 31.1 Å². The first-order chi connectivity index (χ1) is 14.0. The average molecular weight is 395 g/mol. The predicted molar refractivity (Wildman–Crippen MR) is 106 cm³/mol. The fraction of sp³-hybridized carbons (Fsp3) is 0.250. The number of carbonyl (C=O) groups excluding carboxylic acids is 1. The average Bonchev–Trinajstić information content (AvgIpc) is 3.12. The highest BCUT2D eigenvalue weighted by molar-refractivity contribution is 5.93. The SMILES string of the molecule is COCCN(Cc1ccccc1)C(=O)c1nnn(-c2cccc([N+](=O)[O-])c2)c1C. The molecule has 0 aliphatic heterocycles. The van der Waals surface area contributed by atoms with Crippen molar-refractivity contribution in [1.82, 2.24) is 19.9 Å². The lowest BCUT2D eigenvalue weighted by atomic mass is 10.2. The van der Waals surface area contributed by atoms with E-state index in [9.17, 15) is 14.9 Å². The van der Waals surface area contributed by atoms with Crippen LogP contribution in [0, 0.1) is 17.0 Å². The summed E-state index contributed by atoms with van der Waals surface area (Å²) in [5.41, 5.74) is 2.10. The monoisotopic (exact) mass is 395 g/mol. The fourth-order valence-electron chi connectivity index (χ4n) is 2.92. The smallest absolute Gasteiger partial charge is 0.276 e. The van der Waals surface area contributed by atoms with Crippen LogP contribution in [0.5, 0.6) is 0 Å². The van der Waals surface area contributed by atoms with Crippen molar-refractivity contribution >= 4 is 11.6 Å². The van der Waals surface area contributed by atoms with Gasteiger partial charge in [0, 0.05) is 32.3 Å². The first kappa shape index (κ1) is 20.2. The van der Waals surface area contributed by atoms with E-state index in [4.69, 9.17) is 4.74 Å². The zero-order valence-corrected chi connectivity index (χ0v) is 16.2. The van der Waals surface area contributed by atoms with Crippen molar-refractivity contribution in [2.75, 3.05) is 20.3 Å². The number of benzene rings is 2. The van der Waals surface area contributed by atoms with E-state index in [1.807, 2.05) is 30.3 Å². The maximum atomic E-state index is 13.1. The van der Waals surface area contributed by atoms with E-state index >= 15 is 0 Å². The molecule has 0 fully saturated rings. The molecule has 3 aromatic rings. The van der Waals surface area contributed by atoms with Gasteiger partial charge in [-0.15, -0.1) is 5.10 Å². The van der Waals surface area contributed by atoms with Gasteiger partial charge in [-0.25, -0.2) is 4.68 Å². The fourth-order valence-corrected chi connectivity index (χ4v) is 2.92. The Bertz CT molecular complexity index is 1000. The van der Waals surface area contributed by atoms with Crippen molar-refractivity contribution in [2.24, 2.45) is 0 Å². The highest BCUT2D eigenvalue weighted by Crippen LogP contribution is 2.19. The third-order valence-corrected chi connectivity index (χ3v) is 4.45. The van der Waals surface area contributed by atoms with E-state index in [1.54, 1.807) is 31.1 Å². The number of nitro benzene ring substituents is 1. The Morgan fingerprint density at radius 2 is 1.97 bits per heavy atom. The molecule has 2 aromatic carbocycles. The minimum Gasteiger partial charge on any atom is -0.383 e. The summed E-state index contributed by atoms with van der Waals surface area (Å²) in [6, 6.07) is 15.7. The Labute approximate surface area is 167 Å². The zero-order chi connectivity index (χ0) is 20.8. The third-order valence-electron chi connectivity index (χ3n) is 4.45. The van der Waals surface area contributed by atoms with Gasteiger partial charge in [-0.05, 0) is 18.6 Å². The summed E-state index contributed by atoms with van der Waals surface area (Å²) in [7, 11) is 1.58. The first-order valence-corrected chi connectivity index (χ1v) is 9.00. The normalized spacial score (nSPS) is 10.7.